The summed E-state index contributed by atoms with van der Waals surface area (Å²) < 4.78 is 0. The number of aromatic nitrogens is 2. The molecule has 0 spiro atoms. The molecule has 1 unspecified atom stereocenters. The summed E-state index contributed by atoms with van der Waals surface area (Å²) in [4.78, 5) is 21.4. The van der Waals surface area contributed by atoms with Crippen molar-refractivity contribution in [1.82, 2.24) is 15.3 Å². The summed E-state index contributed by atoms with van der Waals surface area (Å²) in [5.74, 6) is 0.904. The Kier molecular flexibility index (Phi) is 3.19. The Balaban J connectivity index is 2.37. The highest BCUT2D eigenvalue weighted by Crippen LogP contribution is 2.31. The number of hydrogen-bond donors (Lipinski definition) is 2. The van der Waals surface area contributed by atoms with E-state index < -0.39 is 0 Å². The number of likely N-dealkylation sites (N-methyl/N-ethyl adjacent to an activating group) is 1. The van der Waals surface area contributed by atoms with Gasteiger partial charge in [0.05, 0.1) is 18.6 Å². The molecular weight excluding hydrogens is 216 g/mol. The first-order valence-electron chi connectivity index (χ1n) is 6.06. The van der Waals surface area contributed by atoms with Gasteiger partial charge in [0.1, 0.15) is 5.82 Å². The molecule has 1 saturated heterocycles. The van der Waals surface area contributed by atoms with Crippen LogP contribution in [0.2, 0.25) is 0 Å². The van der Waals surface area contributed by atoms with Crippen LogP contribution in [0.3, 0.4) is 0 Å². The summed E-state index contributed by atoms with van der Waals surface area (Å²) in [6, 6.07) is -0.0972. The molecule has 2 N–H and O–H groups in total. The molecule has 1 amide bonds. The second-order valence-electron chi connectivity index (χ2n) is 5.16. The normalized spacial score (nSPS) is 24.8. The quantitative estimate of drug-likeness (QED) is 0.813. The van der Waals surface area contributed by atoms with Crippen molar-refractivity contribution in [3.05, 3.63) is 12.5 Å². The molecule has 17 heavy (non-hydrogen) atoms. The molecule has 1 atom stereocenters. The van der Waals surface area contributed by atoms with Gasteiger partial charge in [-0.2, -0.15) is 0 Å². The maximum atomic E-state index is 12.5. The number of nitrogens with one attached hydrogen (secondary N) is 2. The molecule has 5 nitrogen and oxygen atoms in total. The van der Waals surface area contributed by atoms with Gasteiger partial charge in [-0.15, -0.1) is 0 Å². The molecule has 0 aromatic carbocycles. The van der Waals surface area contributed by atoms with E-state index in [4.69, 9.17) is 0 Å². The zero-order chi connectivity index (χ0) is 12.5. The van der Waals surface area contributed by atoms with Crippen molar-refractivity contribution >= 4 is 11.7 Å². The van der Waals surface area contributed by atoms with Crippen LogP contribution in [0.4, 0.5) is 5.82 Å². The average Bonchev–Trinajstić information content (AvgIpc) is 2.73. The molecule has 0 bridgehead atoms. The van der Waals surface area contributed by atoms with Crippen LogP contribution in [0.1, 0.15) is 33.1 Å². The van der Waals surface area contributed by atoms with Crippen molar-refractivity contribution in [3.63, 3.8) is 0 Å². The summed E-state index contributed by atoms with van der Waals surface area (Å²) in [7, 11) is 1.84. The smallest absolute Gasteiger partial charge is 0.245 e. The number of nitrogens with zero attached hydrogens (tertiary/aromatic N) is 2. The van der Waals surface area contributed by atoms with Gasteiger partial charge in [-0.1, -0.05) is 0 Å². The fourth-order valence-corrected chi connectivity index (χ4v) is 2.51. The largest absolute Gasteiger partial charge is 0.331 e. The molecule has 1 aliphatic heterocycles. The first-order valence-corrected chi connectivity index (χ1v) is 6.06. The van der Waals surface area contributed by atoms with Gasteiger partial charge in [-0.3, -0.25) is 9.69 Å². The standard InChI is InChI=1S/C12H20N4O/c1-12(2)6-4-5-9(13-3)11(17)16(12)10-7-14-8-15-10/h7-9,13H,4-6H2,1-3H3,(H,14,15). The molecule has 1 aromatic heterocycles. The van der Waals surface area contributed by atoms with E-state index >= 15 is 0 Å². The minimum Gasteiger partial charge on any atom is -0.331 e. The molecule has 1 aromatic rings. The lowest BCUT2D eigenvalue weighted by atomic mass is 9.97. The van der Waals surface area contributed by atoms with Crippen LogP contribution in [0, 0.1) is 0 Å². The van der Waals surface area contributed by atoms with Crippen LogP contribution in [-0.4, -0.2) is 34.5 Å². The number of carbonyl (C=O) groups is 1. The van der Waals surface area contributed by atoms with Crippen molar-refractivity contribution in [2.45, 2.75) is 44.7 Å². The minimum atomic E-state index is -0.171. The van der Waals surface area contributed by atoms with E-state index in [1.165, 1.54) is 0 Å². The molecular formula is C12H20N4O. The summed E-state index contributed by atoms with van der Waals surface area (Å²) in [6.45, 7) is 4.20. The molecule has 0 radical (unpaired) electrons. The Labute approximate surface area is 102 Å². The van der Waals surface area contributed by atoms with E-state index in [1.807, 2.05) is 11.9 Å². The van der Waals surface area contributed by atoms with Crippen LogP contribution >= 0.6 is 0 Å². The summed E-state index contributed by atoms with van der Waals surface area (Å²) in [5.41, 5.74) is -0.171. The number of anilines is 1. The van der Waals surface area contributed by atoms with Gasteiger partial charge in [0.15, 0.2) is 0 Å². The zero-order valence-corrected chi connectivity index (χ0v) is 10.7. The van der Waals surface area contributed by atoms with Crippen LogP contribution < -0.4 is 10.2 Å². The lowest BCUT2D eigenvalue weighted by Gasteiger charge is -2.36. The van der Waals surface area contributed by atoms with Crippen LogP contribution in [0.25, 0.3) is 0 Å². The van der Waals surface area contributed by atoms with Gasteiger partial charge in [-0.05, 0) is 40.2 Å². The monoisotopic (exact) mass is 236 g/mol. The summed E-state index contributed by atoms with van der Waals surface area (Å²) in [6.07, 6.45) is 6.25. The highest BCUT2D eigenvalue weighted by Gasteiger charge is 2.38. The van der Waals surface area contributed by atoms with Gasteiger partial charge in [-0.25, -0.2) is 4.98 Å². The Morgan fingerprint density at radius 1 is 1.59 bits per heavy atom. The minimum absolute atomic E-state index is 0.0972. The third kappa shape index (κ3) is 2.20. The van der Waals surface area contributed by atoms with E-state index in [9.17, 15) is 4.79 Å². The van der Waals surface area contributed by atoms with E-state index in [0.29, 0.717) is 0 Å². The number of rotatable bonds is 2. The summed E-state index contributed by atoms with van der Waals surface area (Å²) in [5, 5.41) is 3.10. The van der Waals surface area contributed by atoms with Crippen LogP contribution in [-0.2, 0) is 4.79 Å². The number of imidazole rings is 1. The number of aromatic amines is 1. The van der Waals surface area contributed by atoms with E-state index in [0.717, 1.165) is 25.1 Å². The average molecular weight is 236 g/mol. The van der Waals surface area contributed by atoms with E-state index in [2.05, 4.69) is 29.1 Å². The van der Waals surface area contributed by atoms with Gasteiger partial charge in [0.2, 0.25) is 5.91 Å². The highest BCUT2D eigenvalue weighted by atomic mass is 16.2. The van der Waals surface area contributed by atoms with Gasteiger partial charge < -0.3 is 10.3 Å². The SMILES string of the molecule is CNC1CCCC(C)(C)N(c2cnc[nH]2)C1=O. The number of amides is 1. The molecule has 2 rings (SSSR count). The predicted molar refractivity (Wildman–Crippen MR) is 66.9 cm³/mol. The number of carbonyl (C=O) groups excluding carboxylic acids is 1. The zero-order valence-electron chi connectivity index (χ0n) is 10.7. The molecule has 2 heterocycles. The summed E-state index contributed by atoms with van der Waals surface area (Å²) >= 11 is 0. The van der Waals surface area contributed by atoms with Crippen molar-refractivity contribution in [2.75, 3.05) is 11.9 Å². The third-order valence-electron chi connectivity index (χ3n) is 3.48. The lowest BCUT2D eigenvalue weighted by Crippen LogP contribution is -2.52. The van der Waals surface area contributed by atoms with Gasteiger partial charge in [0.25, 0.3) is 0 Å². The Bertz CT molecular complexity index is 385. The first kappa shape index (κ1) is 12.1. The number of hydrogen-bond acceptors (Lipinski definition) is 3. The van der Waals surface area contributed by atoms with Crippen molar-refractivity contribution in [1.29, 1.82) is 0 Å². The second-order valence-corrected chi connectivity index (χ2v) is 5.16. The lowest BCUT2D eigenvalue weighted by molar-refractivity contribution is -0.121. The molecule has 0 aliphatic carbocycles. The van der Waals surface area contributed by atoms with Crippen molar-refractivity contribution in [2.24, 2.45) is 0 Å². The Hall–Kier alpha value is -1.36. The predicted octanol–water partition coefficient (Wildman–Crippen LogP) is 1.29. The number of H-pyrrole nitrogens is 1. The Morgan fingerprint density at radius 3 is 2.94 bits per heavy atom. The maximum absolute atomic E-state index is 12.5. The maximum Gasteiger partial charge on any atom is 0.245 e. The van der Waals surface area contributed by atoms with E-state index in [1.54, 1.807) is 12.5 Å². The molecule has 1 aliphatic rings. The van der Waals surface area contributed by atoms with Crippen molar-refractivity contribution in [3.8, 4) is 0 Å². The molecule has 1 fully saturated rings. The fourth-order valence-electron chi connectivity index (χ4n) is 2.51. The molecule has 94 valence electrons. The van der Waals surface area contributed by atoms with Gasteiger partial charge in [0, 0.05) is 5.54 Å². The topological polar surface area (TPSA) is 61.0 Å². The highest BCUT2D eigenvalue weighted by molar-refractivity contribution is 5.97. The van der Waals surface area contributed by atoms with Crippen molar-refractivity contribution < 1.29 is 4.79 Å². The van der Waals surface area contributed by atoms with Gasteiger partial charge >= 0.3 is 0 Å². The first-order chi connectivity index (χ1) is 8.06. The Morgan fingerprint density at radius 2 is 2.35 bits per heavy atom. The fraction of sp³-hybridized carbons (Fsp3) is 0.667. The van der Waals surface area contributed by atoms with Crippen LogP contribution in [0.15, 0.2) is 12.5 Å². The van der Waals surface area contributed by atoms with Crippen LogP contribution in [0.5, 0.6) is 0 Å². The second kappa shape index (κ2) is 4.49. The molecule has 5 heteroatoms. The van der Waals surface area contributed by atoms with E-state index in [-0.39, 0.29) is 17.5 Å². The molecule has 0 saturated carbocycles. The third-order valence-corrected chi connectivity index (χ3v) is 3.48.